The van der Waals surface area contributed by atoms with E-state index in [1.807, 2.05) is 48.5 Å². The summed E-state index contributed by atoms with van der Waals surface area (Å²) in [6.45, 7) is 7.52. The van der Waals surface area contributed by atoms with Gasteiger partial charge in [-0.3, -0.25) is 5.32 Å². The lowest BCUT2D eigenvalue weighted by Crippen LogP contribution is -2.46. The third kappa shape index (κ3) is 5.23. The molecule has 3 aromatic carbocycles. The number of carbonyl (C=O) groups excluding carboxylic acids is 1. The van der Waals surface area contributed by atoms with Crippen LogP contribution in [0.5, 0.6) is 5.75 Å². The van der Waals surface area contributed by atoms with Crippen LogP contribution in [0.25, 0.3) is 21.3 Å². The summed E-state index contributed by atoms with van der Waals surface area (Å²) in [5, 5.41) is 6.33. The Morgan fingerprint density at radius 3 is 2.51 bits per heavy atom. The lowest BCUT2D eigenvalue weighted by molar-refractivity contribution is 0.262. The van der Waals surface area contributed by atoms with Gasteiger partial charge in [-0.1, -0.05) is 42.5 Å². The highest BCUT2D eigenvalue weighted by Gasteiger charge is 2.16. The van der Waals surface area contributed by atoms with Crippen LogP contribution in [0.1, 0.15) is 6.92 Å². The van der Waals surface area contributed by atoms with Crippen molar-refractivity contribution in [2.45, 2.75) is 6.92 Å². The first-order valence-corrected chi connectivity index (χ1v) is 12.6. The number of urea groups is 1. The zero-order valence-electron chi connectivity index (χ0n) is 20.0. The Morgan fingerprint density at radius 1 is 1.00 bits per heavy atom. The van der Waals surface area contributed by atoms with Crippen molar-refractivity contribution in [3.05, 3.63) is 66.7 Å². The fraction of sp³-hybridized carbons (Fsp3) is 0.259. The number of piperazine rings is 1. The van der Waals surface area contributed by atoms with E-state index in [4.69, 9.17) is 4.74 Å². The van der Waals surface area contributed by atoms with Gasteiger partial charge in [0.05, 0.1) is 17.3 Å². The molecule has 180 valence electrons. The Hall–Kier alpha value is -3.62. The zero-order chi connectivity index (χ0) is 24.2. The Kier molecular flexibility index (Phi) is 6.83. The average molecular weight is 488 g/mol. The summed E-state index contributed by atoms with van der Waals surface area (Å²) in [5.74, 6) is 0.823. The number of benzene rings is 3. The van der Waals surface area contributed by atoms with Gasteiger partial charge in [-0.15, -0.1) is 0 Å². The van der Waals surface area contributed by atoms with E-state index in [-0.39, 0.29) is 6.03 Å². The molecule has 1 fully saturated rings. The van der Waals surface area contributed by atoms with Crippen LogP contribution in [0.4, 0.5) is 21.3 Å². The molecule has 0 spiro atoms. The normalized spacial score (nSPS) is 14.2. The zero-order valence-corrected chi connectivity index (χ0v) is 20.8. The number of anilines is 3. The highest BCUT2D eigenvalue weighted by atomic mass is 32.1. The maximum atomic E-state index is 12.6. The van der Waals surface area contributed by atoms with Crippen LogP contribution in [0.15, 0.2) is 66.7 Å². The molecule has 2 N–H and O–H groups in total. The summed E-state index contributed by atoms with van der Waals surface area (Å²) in [6, 6.07) is 21.7. The number of amides is 2. The first-order valence-electron chi connectivity index (χ1n) is 11.8. The van der Waals surface area contributed by atoms with Crippen LogP contribution in [0.3, 0.4) is 0 Å². The Bertz CT molecular complexity index is 1310. The molecule has 1 aliphatic rings. The van der Waals surface area contributed by atoms with E-state index in [1.54, 1.807) is 7.11 Å². The van der Waals surface area contributed by atoms with Crippen molar-refractivity contribution in [3.63, 3.8) is 0 Å². The highest BCUT2D eigenvalue weighted by molar-refractivity contribution is 7.22. The quantitative estimate of drug-likeness (QED) is 0.362. The number of nitrogens with one attached hydrogen (secondary N) is 2. The van der Waals surface area contributed by atoms with Crippen LogP contribution in [0, 0.1) is 0 Å². The predicted molar refractivity (Wildman–Crippen MR) is 145 cm³/mol. The fourth-order valence-corrected chi connectivity index (χ4v) is 5.27. The summed E-state index contributed by atoms with van der Waals surface area (Å²) in [6.07, 6.45) is 0. The van der Waals surface area contributed by atoms with Crippen LogP contribution < -0.4 is 20.3 Å². The topological polar surface area (TPSA) is 69.7 Å². The second-order valence-corrected chi connectivity index (χ2v) is 9.48. The van der Waals surface area contributed by atoms with Gasteiger partial charge in [-0.2, -0.15) is 0 Å². The summed E-state index contributed by atoms with van der Waals surface area (Å²) >= 11 is 1.45. The number of methoxy groups -OCH3 is 1. The largest absolute Gasteiger partial charge is 0.496 e. The van der Waals surface area contributed by atoms with Gasteiger partial charge in [0.25, 0.3) is 0 Å². The number of ether oxygens (including phenoxy) is 1. The number of hydrogen-bond acceptors (Lipinski definition) is 6. The molecule has 0 saturated carbocycles. The van der Waals surface area contributed by atoms with Gasteiger partial charge in [-0.05, 0) is 54.6 Å². The lowest BCUT2D eigenvalue weighted by atomic mass is 10.0. The first-order chi connectivity index (χ1) is 17.1. The molecular formula is C27H29N5O2S. The van der Waals surface area contributed by atoms with E-state index >= 15 is 0 Å². The minimum atomic E-state index is -0.307. The fourth-order valence-electron chi connectivity index (χ4n) is 4.37. The molecular weight excluding hydrogens is 458 g/mol. The molecule has 2 amide bonds. The third-order valence-corrected chi connectivity index (χ3v) is 7.27. The monoisotopic (exact) mass is 487 g/mol. The van der Waals surface area contributed by atoms with Crippen LogP contribution >= 0.6 is 11.3 Å². The van der Waals surface area contributed by atoms with Crippen molar-refractivity contribution < 1.29 is 9.53 Å². The Morgan fingerprint density at radius 2 is 1.77 bits per heavy atom. The van der Waals surface area contributed by atoms with Gasteiger partial charge in [0, 0.05) is 43.1 Å². The maximum absolute atomic E-state index is 12.6. The summed E-state index contributed by atoms with van der Waals surface area (Å²) in [5.41, 5.74) is 4.84. The molecule has 0 atom stereocenters. The molecule has 7 nitrogen and oxygen atoms in total. The summed E-state index contributed by atoms with van der Waals surface area (Å²) < 4.78 is 6.49. The second-order valence-electron chi connectivity index (χ2n) is 8.45. The number of thiazole rings is 1. The maximum Gasteiger partial charge on any atom is 0.325 e. The van der Waals surface area contributed by atoms with E-state index in [9.17, 15) is 4.79 Å². The molecule has 0 radical (unpaired) electrons. The summed E-state index contributed by atoms with van der Waals surface area (Å²) in [4.78, 5) is 22.0. The van der Waals surface area contributed by atoms with E-state index < -0.39 is 0 Å². The van der Waals surface area contributed by atoms with Crippen molar-refractivity contribution >= 4 is 44.1 Å². The summed E-state index contributed by atoms with van der Waals surface area (Å²) in [7, 11) is 1.67. The Labute approximate surface area is 209 Å². The van der Waals surface area contributed by atoms with Gasteiger partial charge in [0.2, 0.25) is 0 Å². The Balaban J connectivity index is 1.23. The number of para-hydroxylation sites is 1. The average Bonchev–Trinajstić information content (AvgIpc) is 3.30. The van der Waals surface area contributed by atoms with E-state index in [2.05, 4.69) is 50.5 Å². The molecule has 35 heavy (non-hydrogen) atoms. The van der Waals surface area contributed by atoms with E-state index in [0.29, 0.717) is 5.13 Å². The number of likely N-dealkylation sites (N-methyl/N-ethyl adjacent to an activating group) is 1. The number of rotatable bonds is 6. The number of nitrogens with zero attached hydrogens (tertiary/aromatic N) is 3. The van der Waals surface area contributed by atoms with Crippen LogP contribution in [0.2, 0.25) is 0 Å². The van der Waals surface area contributed by atoms with Crippen molar-refractivity contribution in [1.82, 2.24) is 9.88 Å². The number of aromatic nitrogens is 1. The first kappa shape index (κ1) is 23.1. The standard InChI is InChI=1S/C27H29N5O2S/c1-3-31-14-16-32(17-15-31)21-11-9-20(10-12-21)28-26(33)30-27-29-23-13-8-19(18-25(23)35-27)22-6-4-5-7-24(22)34-2/h4-13,18H,3,14-17H2,1-2H3,(H2,28,29,30,33). The predicted octanol–water partition coefficient (Wildman–Crippen LogP) is 5.76. The van der Waals surface area contributed by atoms with E-state index in [0.717, 1.165) is 65.5 Å². The lowest BCUT2D eigenvalue weighted by Gasteiger charge is -2.35. The molecule has 4 aromatic rings. The number of fused-ring (bicyclic) bond motifs is 1. The van der Waals surface area contributed by atoms with Gasteiger partial charge in [-0.25, -0.2) is 9.78 Å². The molecule has 1 aliphatic heterocycles. The molecule has 0 aliphatic carbocycles. The van der Waals surface area contributed by atoms with Crippen molar-refractivity contribution in [3.8, 4) is 16.9 Å². The molecule has 2 heterocycles. The molecule has 5 rings (SSSR count). The molecule has 1 aromatic heterocycles. The van der Waals surface area contributed by atoms with Gasteiger partial charge in [0.15, 0.2) is 5.13 Å². The van der Waals surface area contributed by atoms with Crippen LogP contribution in [-0.2, 0) is 0 Å². The van der Waals surface area contributed by atoms with Crippen LogP contribution in [-0.4, -0.2) is 55.7 Å². The second kappa shape index (κ2) is 10.3. The van der Waals surface area contributed by atoms with Crippen molar-refractivity contribution in [2.24, 2.45) is 0 Å². The van der Waals surface area contributed by atoms with E-state index in [1.165, 1.54) is 17.0 Å². The third-order valence-electron chi connectivity index (χ3n) is 6.34. The molecule has 0 bridgehead atoms. The number of hydrogen-bond donors (Lipinski definition) is 2. The molecule has 1 saturated heterocycles. The van der Waals surface area contributed by atoms with Crippen molar-refractivity contribution in [2.75, 3.05) is 55.4 Å². The van der Waals surface area contributed by atoms with Gasteiger partial charge < -0.3 is 19.9 Å². The minimum Gasteiger partial charge on any atom is -0.496 e. The van der Waals surface area contributed by atoms with Crippen molar-refractivity contribution in [1.29, 1.82) is 0 Å². The smallest absolute Gasteiger partial charge is 0.325 e. The SMILES string of the molecule is CCN1CCN(c2ccc(NC(=O)Nc3nc4ccc(-c5ccccc5OC)cc4s3)cc2)CC1. The minimum absolute atomic E-state index is 0.307. The highest BCUT2D eigenvalue weighted by Crippen LogP contribution is 2.34. The van der Waals surface area contributed by atoms with Gasteiger partial charge in [0.1, 0.15) is 5.75 Å². The molecule has 8 heteroatoms. The number of carbonyl (C=O) groups is 1. The molecule has 0 unspecified atom stereocenters. The van der Waals surface area contributed by atoms with Gasteiger partial charge >= 0.3 is 6.03 Å².